The third kappa shape index (κ3) is 3.49. The number of hydrogen-bond donors (Lipinski definition) is 2. The van der Waals surface area contributed by atoms with Gasteiger partial charge in [0.25, 0.3) is 17.3 Å². The van der Waals surface area contributed by atoms with Crippen LogP contribution in [0.1, 0.15) is 21.6 Å². The first-order valence-electron chi connectivity index (χ1n) is 7.72. The summed E-state index contributed by atoms with van der Waals surface area (Å²) in [7, 11) is 0. The van der Waals surface area contributed by atoms with Crippen molar-refractivity contribution in [1.82, 2.24) is 10.4 Å². The van der Waals surface area contributed by atoms with Gasteiger partial charge in [-0.25, -0.2) is 5.43 Å². The number of carbonyl (C=O) groups excluding carboxylic acids is 1. The predicted octanol–water partition coefficient (Wildman–Crippen LogP) is 3.06. The zero-order valence-electron chi connectivity index (χ0n) is 14.0. The van der Waals surface area contributed by atoms with E-state index >= 15 is 0 Å². The number of carbonyl (C=O) groups is 1. The first-order chi connectivity index (χ1) is 12.9. The van der Waals surface area contributed by atoms with Gasteiger partial charge in [0.15, 0.2) is 0 Å². The fraction of sp³-hybridized carbons (Fsp3) is 0.0588. The summed E-state index contributed by atoms with van der Waals surface area (Å²) >= 11 is 0. The molecular formula is C17H13N5O5. The van der Waals surface area contributed by atoms with E-state index < -0.39 is 15.8 Å². The fourth-order valence-electron chi connectivity index (χ4n) is 2.62. The van der Waals surface area contributed by atoms with Crippen LogP contribution in [0, 0.1) is 27.2 Å². The van der Waals surface area contributed by atoms with Crippen LogP contribution in [0.2, 0.25) is 0 Å². The zero-order valence-corrected chi connectivity index (χ0v) is 14.0. The Morgan fingerprint density at radius 3 is 2.44 bits per heavy atom. The zero-order chi connectivity index (χ0) is 19.6. The van der Waals surface area contributed by atoms with Gasteiger partial charge in [-0.15, -0.1) is 0 Å². The highest BCUT2D eigenvalue weighted by molar-refractivity contribution is 6.03. The summed E-state index contributed by atoms with van der Waals surface area (Å²) in [5.41, 5.74) is 3.72. The second-order valence-electron chi connectivity index (χ2n) is 5.63. The van der Waals surface area contributed by atoms with Gasteiger partial charge in [-0.3, -0.25) is 25.0 Å². The van der Waals surface area contributed by atoms with Gasteiger partial charge in [-0.05, 0) is 30.2 Å². The van der Waals surface area contributed by atoms with Crippen molar-refractivity contribution >= 4 is 34.4 Å². The van der Waals surface area contributed by atoms with Crippen LogP contribution in [0.25, 0.3) is 10.9 Å². The highest BCUT2D eigenvalue weighted by atomic mass is 16.6. The van der Waals surface area contributed by atoms with Crippen molar-refractivity contribution in [3.63, 3.8) is 0 Å². The number of aromatic amines is 1. The molecule has 0 saturated carbocycles. The minimum absolute atomic E-state index is 0.0496. The van der Waals surface area contributed by atoms with E-state index in [1.165, 1.54) is 36.5 Å². The quantitative estimate of drug-likeness (QED) is 0.404. The number of hydrazone groups is 1. The van der Waals surface area contributed by atoms with Crippen molar-refractivity contribution in [2.24, 2.45) is 5.10 Å². The van der Waals surface area contributed by atoms with E-state index in [0.717, 1.165) is 0 Å². The molecule has 1 aromatic heterocycles. The molecule has 3 aromatic rings. The summed E-state index contributed by atoms with van der Waals surface area (Å²) in [6.07, 6.45) is 1.34. The molecule has 2 aromatic carbocycles. The second-order valence-corrected chi connectivity index (χ2v) is 5.63. The number of fused-ring (bicyclic) bond motifs is 1. The highest BCUT2D eigenvalue weighted by Gasteiger charge is 2.20. The lowest BCUT2D eigenvalue weighted by atomic mass is 10.1. The van der Waals surface area contributed by atoms with Crippen LogP contribution in [0.4, 0.5) is 11.4 Å². The third-order valence-corrected chi connectivity index (χ3v) is 3.98. The Balaban J connectivity index is 1.80. The van der Waals surface area contributed by atoms with E-state index in [1.54, 1.807) is 19.1 Å². The minimum atomic E-state index is -0.559. The number of para-hydroxylation sites is 1. The van der Waals surface area contributed by atoms with E-state index in [0.29, 0.717) is 16.5 Å². The number of non-ortho nitro benzene ring substituents is 2. The number of benzene rings is 2. The van der Waals surface area contributed by atoms with Gasteiger partial charge in [-0.1, -0.05) is 12.1 Å². The lowest BCUT2D eigenvalue weighted by molar-refractivity contribution is -0.384. The first-order valence-corrected chi connectivity index (χ1v) is 7.72. The van der Waals surface area contributed by atoms with E-state index in [4.69, 9.17) is 0 Å². The number of nitro benzene ring substituents is 2. The molecule has 0 saturated heterocycles. The molecule has 27 heavy (non-hydrogen) atoms. The van der Waals surface area contributed by atoms with Crippen molar-refractivity contribution < 1.29 is 14.6 Å². The van der Waals surface area contributed by atoms with E-state index in [1.807, 2.05) is 0 Å². The van der Waals surface area contributed by atoms with Crippen molar-refractivity contribution in [2.45, 2.75) is 6.92 Å². The van der Waals surface area contributed by atoms with Gasteiger partial charge >= 0.3 is 0 Å². The summed E-state index contributed by atoms with van der Waals surface area (Å²) in [5.74, 6) is -0.559. The van der Waals surface area contributed by atoms with Crippen LogP contribution in [-0.2, 0) is 0 Å². The van der Waals surface area contributed by atoms with Crippen LogP contribution in [0.5, 0.6) is 0 Å². The van der Waals surface area contributed by atoms with Crippen LogP contribution >= 0.6 is 0 Å². The SMILES string of the molecule is Cc1c(C(=O)N/N=C/c2ccc([N+](=O)[O-])cc2)[nH]c2c([N+](=O)[O-])cccc12. The normalized spacial score (nSPS) is 11.0. The number of H-pyrrole nitrogens is 1. The molecule has 2 N–H and O–H groups in total. The summed E-state index contributed by atoms with van der Waals surface area (Å²) in [6.45, 7) is 1.68. The van der Waals surface area contributed by atoms with Gasteiger partial charge in [0.1, 0.15) is 11.2 Å². The van der Waals surface area contributed by atoms with Crippen molar-refractivity contribution in [2.75, 3.05) is 0 Å². The van der Waals surface area contributed by atoms with Crippen LogP contribution < -0.4 is 5.43 Å². The average molecular weight is 367 g/mol. The number of amides is 1. The Bertz CT molecular complexity index is 1090. The molecule has 136 valence electrons. The molecular weight excluding hydrogens is 354 g/mol. The maximum atomic E-state index is 12.3. The standard InChI is InChI=1S/C17H13N5O5/c1-10-13-3-2-4-14(22(26)27)16(13)19-15(10)17(23)20-18-9-11-5-7-12(8-6-11)21(24)25/h2-9,19H,1H3,(H,20,23)/b18-9+. The maximum Gasteiger partial charge on any atom is 0.293 e. The summed E-state index contributed by atoms with van der Waals surface area (Å²) in [5, 5.41) is 26.1. The molecule has 0 bridgehead atoms. The lowest BCUT2D eigenvalue weighted by Crippen LogP contribution is -2.19. The maximum absolute atomic E-state index is 12.3. The number of hydrogen-bond acceptors (Lipinski definition) is 6. The molecule has 0 spiro atoms. The average Bonchev–Trinajstić information content (AvgIpc) is 2.99. The van der Waals surface area contributed by atoms with Gasteiger partial charge in [0, 0.05) is 23.6 Å². The minimum Gasteiger partial charge on any atom is -0.345 e. The number of nitro groups is 2. The van der Waals surface area contributed by atoms with Gasteiger partial charge in [0.2, 0.25) is 0 Å². The lowest BCUT2D eigenvalue weighted by Gasteiger charge is -1.99. The predicted molar refractivity (Wildman–Crippen MR) is 97.8 cm³/mol. The molecule has 1 amide bonds. The van der Waals surface area contributed by atoms with Gasteiger partial charge in [0.05, 0.1) is 16.1 Å². The van der Waals surface area contributed by atoms with Crippen LogP contribution in [0.15, 0.2) is 47.6 Å². The Labute approximate surface area is 151 Å². The molecule has 3 rings (SSSR count). The first kappa shape index (κ1) is 17.7. The summed E-state index contributed by atoms with van der Waals surface area (Å²) in [6, 6.07) is 10.2. The van der Waals surface area contributed by atoms with Crippen LogP contribution in [0.3, 0.4) is 0 Å². The van der Waals surface area contributed by atoms with E-state index in [9.17, 15) is 25.0 Å². The monoisotopic (exact) mass is 367 g/mol. The molecule has 0 fully saturated rings. The van der Waals surface area contributed by atoms with Crippen LogP contribution in [-0.4, -0.2) is 27.0 Å². The van der Waals surface area contributed by atoms with Gasteiger partial charge in [-0.2, -0.15) is 5.10 Å². The molecule has 0 aliphatic heterocycles. The molecule has 0 radical (unpaired) electrons. The van der Waals surface area contributed by atoms with E-state index in [2.05, 4.69) is 15.5 Å². The third-order valence-electron chi connectivity index (χ3n) is 3.98. The largest absolute Gasteiger partial charge is 0.345 e. The number of aryl methyl sites for hydroxylation is 1. The number of nitrogens with one attached hydrogen (secondary N) is 2. The van der Waals surface area contributed by atoms with E-state index in [-0.39, 0.29) is 22.6 Å². The molecule has 1 heterocycles. The molecule has 0 unspecified atom stereocenters. The Morgan fingerprint density at radius 1 is 1.11 bits per heavy atom. The molecule has 0 aliphatic carbocycles. The fourth-order valence-corrected chi connectivity index (χ4v) is 2.62. The van der Waals surface area contributed by atoms with Crippen molar-refractivity contribution in [3.05, 3.63) is 79.5 Å². The number of nitrogens with zero attached hydrogens (tertiary/aromatic N) is 3. The Kier molecular flexibility index (Phi) is 4.62. The molecule has 0 atom stereocenters. The summed E-state index contributed by atoms with van der Waals surface area (Å²) in [4.78, 5) is 35.8. The molecule has 0 aliphatic rings. The Hall–Kier alpha value is -4.08. The number of aromatic nitrogens is 1. The highest BCUT2D eigenvalue weighted by Crippen LogP contribution is 2.29. The second kappa shape index (κ2) is 7.04. The molecule has 10 heteroatoms. The Morgan fingerprint density at radius 2 is 1.81 bits per heavy atom. The van der Waals surface area contributed by atoms with Gasteiger partial charge < -0.3 is 4.98 Å². The van der Waals surface area contributed by atoms with Crippen molar-refractivity contribution in [1.29, 1.82) is 0 Å². The number of rotatable bonds is 5. The molecule has 10 nitrogen and oxygen atoms in total. The van der Waals surface area contributed by atoms with Crippen molar-refractivity contribution in [3.8, 4) is 0 Å². The smallest absolute Gasteiger partial charge is 0.293 e. The summed E-state index contributed by atoms with van der Waals surface area (Å²) < 4.78 is 0. The topological polar surface area (TPSA) is 144 Å².